The van der Waals surface area contributed by atoms with E-state index in [2.05, 4.69) is 241 Å². The molecule has 0 bridgehead atoms. The largest absolute Gasteiger partial charge is 0.309 e. The van der Waals surface area contributed by atoms with Crippen molar-refractivity contribution in [2.24, 2.45) is 0 Å². The van der Waals surface area contributed by atoms with E-state index < -0.39 is 0 Å². The van der Waals surface area contributed by atoms with Crippen molar-refractivity contribution in [3.63, 3.8) is 0 Å². The Balaban J connectivity index is 1.04. The Morgan fingerprint density at radius 1 is 0.215 bits per heavy atom. The zero-order valence-corrected chi connectivity index (χ0v) is 35.5. The molecule has 0 N–H and O–H groups in total. The molecule has 0 amide bonds. The van der Waals surface area contributed by atoms with Crippen LogP contribution in [0.25, 0.3) is 136 Å². The molecule has 0 atom stereocenters. The number of fused-ring (bicyclic) bond motifs is 12. The van der Waals surface area contributed by atoms with Crippen molar-refractivity contribution >= 4 is 97.2 Å². The van der Waals surface area contributed by atoms with Gasteiger partial charge in [-0.15, -0.1) is 0 Å². The Labute approximate surface area is 375 Å². The number of aromatic nitrogens is 1. The van der Waals surface area contributed by atoms with Gasteiger partial charge in [0.05, 0.1) is 11.0 Å². The predicted molar refractivity (Wildman–Crippen MR) is 280 cm³/mol. The molecule has 0 aliphatic rings. The minimum atomic E-state index is 1.14. The van der Waals surface area contributed by atoms with Crippen molar-refractivity contribution in [2.45, 2.75) is 0 Å². The first-order valence-electron chi connectivity index (χ1n) is 22.6. The molecule has 0 radical (unpaired) electrons. The second-order valence-corrected chi connectivity index (χ2v) is 17.6. The lowest BCUT2D eigenvalue weighted by atomic mass is 9.83. The summed E-state index contributed by atoms with van der Waals surface area (Å²) in [6.45, 7) is 0. The van der Waals surface area contributed by atoms with Crippen LogP contribution in [0.3, 0.4) is 0 Å². The Kier molecular flexibility index (Phi) is 7.75. The number of nitrogens with zero attached hydrogens (tertiary/aromatic N) is 1. The molecular formula is C64H39N. The molecule has 0 unspecified atom stereocenters. The van der Waals surface area contributed by atoms with E-state index >= 15 is 0 Å². The smallest absolute Gasteiger partial charge is 0.0547 e. The lowest BCUT2D eigenvalue weighted by Crippen LogP contribution is -1.95. The minimum Gasteiger partial charge on any atom is -0.309 e. The molecule has 0 aliphatic carbocycles. The molecule has 1 heterocycles. The van der Waals surface area contributed by atoms with E-state index in [1.807, 2.05) is 0 Å². The predicted octanol–water partition coefficient (Wildman–Crippen LogP) is 17.9. The lowest BCUT2D eigenvalue weighted by Gasteiger charge is -2.20. The van der Waals surface area contributed by atoms with E-state index in [0.29, 0.717) is 0 Å². The fourth-order valence-electron chi connectivity index (χ4n) is 11.2. The number of hydrogen-bond donors (Lipinski definition) is 0. The third kappa shape index (κ3) is 5.40. The van der Waals surface area contributed by atoms with Crippen LogP contribution in [0.5, 0.6) is 0 Å². The molecule has 1 nitrogen and oxygen atoms in total. The van der Waals surface area contributed by atoms with Gasteiger partial charge in [0.15, 0.2) is 0 Å². The third-order valence-corrected chi connectivity index (χ3v) is 14.1. The first-order valence-corrected chi connectivity index (χ1v) is 22.6. The normalized spacial score (nSPS) is 12.0. The zero-order valence-electron chi connectivity index (χ0n) is 35.5. The molecule has 14 aromatic rings. The molecule has 13 aromatic carbocycles. The zero-order chi connectivity index (χ0) is 42.6. The highest BCUT2D eigenvalue weighted by atomic mass is 15.0. The van der Waals surface area contributed by atoms with E-state index in [-0.39, 0.29) is 0 Å². The lowest BCUT2D eigenvalue weighted by molar-refractivity contribution is 1.18. The van der Waals surface area contributed by atoms with Gasteiger partial charge in [-0.1, -0.05) is 194 Å². The quantitative estimate of drug-likeness (QED) is 0.156. The van der Waals surface area contributed by atoms with Gasteiger partial charge in [-0.2, -0.15) is 0 Å². The summed E-state index contributed by atoms with van der Waals surface area (Å²) in [6, 6.07) is 88.1. The molecule has 1 heteroatoms. The van der Waals surface area contributed by atoms with Gasteiger partial charge >= 0.3 is 0 Å². The summed E-state index contributed by atoms with van der Waals surface area (Å²) in [4.78, 5) is 0. The monoisotopic (exact) mass is 821 g/mol. The summed E-state index contributed by atoms with van der Waals surface area (Å²) < 4.78 is 2.47. The van der Waals surface area contributed by atoms with Gasteiger partial charge in [-0.3, -0.25) is 0 Å². The average Bonchev–Trinajstić information content (AvgIpc) is 3.72. The first-order chi connectivity index (χ1) is 32.2. The van der Waals surface area contributed by atoms with E-state index in [1.54, 1.807) is 0 Å². The summed E-state index contributed by atoms with van der Waals surface area (Å²) in [7, 11) is 0. The molecule has 0 spiro atoms. The Morgan fingerprint density at radius 2 is 0.615 bits per heavy atom. The fraction of sp³-hybridized carbons (Fsp3) is 0. The van der Waals surface area contributed by atoms with Gasteiger partial charge in [0, 0.05) is 16.5 Å². The van der Waals surface area contributed by atoms with Gasteiger partial charge in [0.1, 0.15) is 0 Å². The summed E-state index contributed by atoms with van der Waals surface area (Å²) in [6.07, 6.45) is 0. The van der Waals surface area contributed by atoms with Gasteiger partial charge in [-0.25, -0.2) is 0 Å². The van der Waals surface area contributed by atoms with E-state index in [0.717, 1.165) is 5.69 Å². The maximum Gasteiger partial charge on any atom is 0.0547 e. The summed E-state index contributed by atoms with van der Waals surface area (Å²) >= 11 is 0. The van der Waals surface area contributed by atoms with E-state index in [4.69, 9.17) is 0 Å². The minimum absolute atomic E-state index is 1.14. The molecule has 65 heavy (non-hydrogen) atoms. The molecule has 1 aromatic heterocycles. The van der Waals surface area contributed by atoms with Gasteiger partial charge in [0.2, 0.25) is 0 Å². The van der Waals surface area contributed by atoms with Crippen LogP contribution in [-0.4, -0.2) is 4.57 Å². The SMILES string of the molecule is c1ccc2cc(-c3c4ccccc4c(-c4ccc(-n5c6ccc7ccccc7c6c6c7ccccc7ccc65)cc4)c4ccc(-c5c6ccccc6cc6ccccc56)cc34)ccc2c1. The fourth-order valence-corrected chi connectivity index (χ4v) is 11.2. The topological polar surface area (TPSA) is 4.93 Å². The highest BCUT2D eigenvalue weighted by molar-refractivity contribution is 6.29. The molecule has 0 aliphatic heterocycles. The van der Waals surface area contributed by atoms with Gasteiger partial charge < -0.3 is 4.57 Å². The average molecular weight is 822 g/mol. The highest BCUT2D eigenvalue weighted by Gasteiger charge is 2.21. The van der Waals surface area contributed by atoms with E-state index in [1.165, 1.54) is 131 Å². The maximum atomic E-state index is 2.48. The van der Waals surface area contributed by atoms with Crippen LogP contribution in [0.15, 0.2) is 237 Å². The van der Waals surface area contributed by atoms with Crippen LogP contribution >= 0.6 is 0 Å². The van der Waals surface area contributed by atoms with Gasteiger partial charge in [0.25, 0.3) is 0 Å². The van der Waals surface area contributed by atoms with Crippen LogP contribution in [0.4, 0.5) is 0 Å². The third-order valence-electron chi connectivity index (χ3n) is 14.1. The Bertz CT molecular complexity index is 4140. The van der Waals surface area contributed by atoms with Crippen molar-refractivity contribution < 1.29 is 0 Å². The first kappa shape index (κ1) is 36.0. The van der Waals surface area contributed by atoms with Crippen molar-refractivity contribution in [3.8, 4) is 39.1 Å². The van der Waals surface area contributed by atoms with Crippen LogP contribution in [0.2, 0.25) is 0 Å². The van der Waals surface area contributed by atoms with Crippen LogP contribution < -0.4 is 0 Å². The number of benzene rings is 13. The maximum absolute atomic E-state index is 2.48. The number of rotatable bonds is 4. The summed E-state index contributed by atoms with van der Waals surface area (Å²) in [5, 5.41) is 20.2. The number of hydrogen-bond acceptors (Lipinski definition) is 0. The molecule has 0 saturated carbocycles. The van der Waals surface area contributed by atoms with E-state index in [9.17, 15) is 0 Å². The summed E-state index contributed by atoms with van der Waals surface area (Å²) in [5.41, 5.74) is 11.0. The molecule has 0 fully saturated rings. The Hall–Kier alpha value is -8.52. The summed E-state index contributed by atoms with van der Waals surface area (Å²) in [5.74, 6) is 0. The van der Waals surface area contributed by atoms with Crippen LogP contribution in [-0.2, 0) is 0 Å². The van der Waals surface area contributed by atoms with Crippen LogP contribution in [0.1, 0.15) is 0 Å². The highest BCUT2D eigenvalue weighted by Crippen LogP contribution is 2.47. The molecule has 14 rings (SSSR count). The second kappa shape index (κ2) is 14.0. The second-order valence-electron chi connectivity index (χ2n) is 17.6. The van der Waals surface area contributed by atoms with Crippen molar-refractivity contribution in [1.82, 2.24) is 4.57 Å². The van der Waals surface area contributed by atoms with Gasteiger partial charge in [-0.05, 0) is 151 Å². The van der Waals surface area contributed by atoms with Crippen molar-refractivity contribution in [1.29, 1.82) is 0 Å². The standard InChI is InChI=1S/C64H39N/c1-2-16-44-37-47(26-25-40(44)13-1)62-55-24-12-11-23-54(55)60(56-34-29-48(39-57(56)62)61-52-21-9-5-17-45(52)38-46-18-6-10-22-53(46)61)43-27-32-49(33-28-43)65-58-35-30-41-14-3-7-19-50(41)63(58)64-51-20-8-4-15-42(51)31-36-59(64)65/h1-39H. The molecular weight excluding hydrogens is 783 g/mol. The molecule has 300 valence electrons. The van der Waals surface area contributed by atoms with Crippen molar-refractivity contribution in [2.75, 3.05) is 0 Å². The van der Waals surface area contributed by atoms with Crippen molar-refractivity contribution in [3.05, 3.63) is 237 Å². The molecule has 0 saturated heterocycles. The van der Waals surface area contributed by atoms with Crippen LogP contribution in [0, 0.1) is 0 Å². The Morgan fingerprint density at radius 3 is 1.22 bits per heavy atom.